The Labute approximate surface area is 110 Å². The fourth-order valence-corrected chi connectivity index (χ4v) is 2.38. The molecule has 2 heterocycles. The first kappa shape index (κ1) is 13.1. The lowest BCUT2D eigenvalue weighted by Gasteiger charge is -2.17. The van der Waals surface area contributed by atoms with Crippen molar-refractivity contribution < 1.29 is 4.39 Å². The summed E-state index contributed by atoms with van der Waals surface area (Å²) >= 11 is 1.63. The topological polar surface area (TPSA) is 37.8 Å². The molecule has 1 atom stereocenters. The first-order valence-electron chi connectivity index (χ1n) is 6.01. The lowest BCUT2D eigenvalue weighted by atomic mass is 10.1. The summed E-state index contributed by atoms with van der Waals surface area (Å²) in [7, 11) is 0. The maximum Gasteiger partial charge on any atom is 0.141 e. The van der Waals surface area contributed by atoms with Crippen LogP contribution in [-0.4, -0.2) is 16.5 Å². The molecule has 18 heavy (non-hydrogen) atoms. The van der Waals surface area contributed by atoms with Crippen LogP contribution in [0.1, 0.15) is 30.0 Å². The van der Waals surface area contributed by atoms with E-state index in [0.29, 0.717) is 0 Å². The molecule has 2 aromatic rings. The highest BCUT2D eigenvalue weighted by molar-refractivity contribution is 7.09. The summed E-state index contributed by atoms with van der Waals surface area (Å²) in [6.45, 7) is 3.04. The summed E-state index contributed by atoms with van der Waals surface area (Å²) in [5, 5.41) is 3.44. The van der Waals surface area contributed by atoms with E-state index in [9.17, 15) is 4.39 Å². The SMILES string of the molecule is CCCNC(Cc1cncs1)c1ccc(F)cn1. The standard InChI is InChI=1S/C13H16FN3S/c1-2-5-16-13(6-11-8-15-9-18-11)12-4-3-10(14)7-17-12/h3-4,7-9,13,16H,2,5-6H2,1H3. The Morgan fingerprint density at radius 3 is 2.89 bits per heavy atom. The number of halogens is 1. The fourth-order valence-electron chi connectivity index (χ4n) is 1.74. The van der Waals surface area contributed by atoms with E-state index in [4.69, 9.17) is 0 Å². The van der Waals surface area contributed by atoms with Gasteiger partial charge in [0.05, 0.1) is 23.4 Å². The minimum absolute atomic E-state index is 0.117. The van der Waals surface area contributed by atoms with Crippen molar-refractivity contribution in [3.05, 3.63) is 46.4 Å². The lowest BCUT2D eigenvalue weighted by molar-refractivity contribution is 0.517. The van der Waals surface area contributed by atoms with Crippen molar-refractivity contribution in [2.24, 2.45) is 0 Å². The Kier molecular flexibility index (Phi) is 4.78. The van der Waals surface area contributed by atoms with Gasteiger partial charge in [-0.1, -0.05) is 6.92 Å². The lowest BCUT2D eigenvalue weighted by Crippen LogP contribution is -2.24. The quantitative estimate of drug-likeness (QED) is 0.872. The van der Waals surface area contributed by atoms with E-state index in [1.54, 1.807) is 17.4 Å². The van der Waals surface area contributed by atoms with Crippen LogP contribution in [-0.2, 0) is 6.42 Å². The van der Waals surface area contributed by atoms with Crippen LogP contribution in [0.15, 0.2) is 30.0 Å². The molecule has 1 unspecified atom stereocenters. The normalized spacial score (nSPS) is 12.6. The highest BCUT2D eigenvalue weighted by Gasteiger charge is 2.13. The molecule has 2 aromatic heterocycles. The molecule has 0 bridgehead atoms. The molecule has 0 aliphatic heterocycles. The molecule has 0 aromatic carbocycles. The van der Waals surface area contributed by atoms with E-state index in [2.05, 4.69) is 22.2 Å². The average Bonchev–Trinajstić information content (AvgIpc) is 2.88. The van der Waals surface area contributed by atoms with Crippen LogP contribution in [0.3, 0.4) is 0 Å². The van der Waals surface area contributed by atoms with Gasteiger partial charge in [-0.3, -0.25) is 9.97 Å². The van der Waals surface area contributed by atoms with Gasteiger partial charge in [0.15, 0.2) is 0 Å². The molecule has 96 valence electrons. The number of nitrogens with zero attached hydrogens (tertiary/aromatic N) is 2. The van der Waals surface area contributed by atoms with Crippen LogP contribution in [0.2, 0.25) is 0 Å². The van der Waals surface area contributed by atoms with Crippen molar-refractivity contribution >= 4 is 11.3 Å². The Hall–Kier alpha value is -1.33. The second-order valence-electron chi connectivity index (χ2n) is 4.08. The van der Waals surface area contributed by atoms with Crippen molar-refractivity contribution in [2.75, 3.05) is 6.54 Å². The Balaban J connectivity index is 2.11. The second-order valence-corrected chi connectivity index (χ2v) is 5.05. The summed E-state index contributed by atoms with van der Waals surface area (Å²) in [6, 6.07) is 3.31. The summed E-state index contributed by atoms with van der Waals surface area (Å²) in [5.74, 6) is -0.300. The fraction of sp³-hybridized carbons (Fsp3) is 0.385. The van der Waals surface area contributed by atoms with Gasteiger partial charge in [-0.05, 0) is 25.1 Å². The van der Waals surface area contributed by atoms with Crippen molar-refractivity contribution in [3.8, 4) is 0 Å². The van der Waals surface area contributed by atoms with E-state index < -0.39 is 0 Å². The Morgan fingerprint density at radius 1 is 1.39 bits per heavy atom. The maximum atomic E-state index is 12.9. The Bertz CT molecular complexity index is 456. The number of hydrogen-bond donors (Lipinski definition) is 1. The Morgan fingerprint density at radius 2 is 2.28 bits per heavy atom. The molecular formula is C13H16FN3S. The van der Waals surface area contributed by atoms with E-state index >= 15 is 0 Å². The number of aromatic nitrogens is 2. The summed E-state index contributed by atoms with van der Waals surface area (Å²) in [6.07, 6.45) is 5.03. The van der Waals surface area contributed by atoms with Gasteiger partial charge < -0.3 is 5.32 Å². The molecule has 0 aliphatic carbocycles. The number of nitrogens with one attached hydrogen (secondary N) is 1. The second kappa shape index (κ2) is 6.56. The predicted octanol–water partition coefficient (Wildman–Crippen LogP) is 2.96. The first-order valence-corrected chi connectivity index (χ1v) is 6.89. The zero-order valence-electron chi connectivity index (χ0n) is 10.3. The van der Waals surface area contributed by atoms with Crippen molar-refractivity contribution in [1.29, 1.82) is 0 Å². The zero-order chi connectivity index (χ0) is 12.8. The van der Waals surface area contributed by atoms with Crippen LogP contribution in [0.5, 0.6) is 0 Å². The molecule has 0 aliphatic rings. The maximum absolute atomic E-state index is 12.9. The molecule has 1 N–H and O–H groups in total. The van der Waals surface area contributed by atoms with E-state index in [0.717, 1.165) is 25.1 Å². The number of hydrogen-bond acceptors (Lipinski definition) is 4. The van der Waals surface area contributed by atoms with Gasteiger partial charge in [0.2, 0.25) is 0 Å². The minimum Gasteiger partial charge on any atom is -0.308 e. The van der Waals surface area contributed by atoms with Crippen LogP contribution in [0.4, 0.5) is 4.39 Å². The van der Waals surface area contributed by atoms with Crippen molar-refractivity contribution in [3.63, 3.8) is 0 Å². The van der Waals surface area contributed by atoms with E-state index in [1.807, 2.05) is 11.7 Å². The van der Waals surface area contributed by atoms with Crippen LogP contribution >= 0.6 is 11.3 Å². The summed E-state index contributed by atoms with van der Waals surface area (Å²) < 4.78 is 12.9. The van der Waals surface area contributed by atoms with E-state index in [-0.39, 0.29) is 11.9 Å². The van der Waals surface area contributed by atoms with Gasteiger partial charge in [-0.15, -0.1) is 11.3 Å². The highest BCUT2D eigenvalue weighted by Crippen LogP contribution is 2.19. The van der Waals surface area contributed by atoms with E-state index in [1.165, 1.54) is 17.1 Å². The zero-order valence-corrected chi connectivity index (χ0v) is 11.1. The summed E-state index contributed by atoms with van der Waals surface area (Å²) in [5.41, 5.74) is 2.70. The third-order valence-electron chi connectivity index (χ3n) is 2.64. The van der Waals surface area contributed by atoms with Crippen LogP contribution in [0.25, 0.3) is 0 Å². The molecule has 0 radical (unpaired) electrons. The van der Waals surface area contributed by atoms with Gasteiger partial charge in [0.25, 0.3) is 0 Å². The van der Waals surface area contributed by atoms with Gasteiger partial charge in [0, 0.05) is 17.5 Å². The molecule has 0 fully saturated rings. The number of rotatable bonds is 6. The monoisotopic (exact) mass is 265 g/mol. The first-order chi connectivity index (χ1) is 8.79. The van der Waals surface area contributed by atoms with Crippen molar-refractivity contribution in [1.82, 2.24) is 15.3 Å². The van der Waals surface area contributed by atoms with Gasteiger partial charge in [-0.2, -0.15) is 0 Å². The van der Waals surface area contributed by atoms with Crippen LogP contribution < -0.4 is 5.32 Å². The number of pyridine rings is 1. The van der Waals surface area contributed by atoms with Gasteiger partial charge in [0.1, 0.15) is 5.82 Å². The molecule has 0 amide bonds. The van der Waals surface area contributed by atoms with Crippen LogP contribution in [0, 0.1) is 5.82 Å². The molecule has 2 rings (SSSR count). The third kappa shape index (κ3) is 3.58. The number of thiazole rings is 1. The highest BCUT2D eigenvalue weighted by atomic mass is 32.1. The molecule has 5 heteroatoms. The largest absolute Gasteiger partial charge is 0.308 e. The molecular weight excluding hydrogens is 249 g/mol. The average molecular weight is 265 g/mol. The third-order valence-corrected chi connectivity index (χ3v) is 3.44. The molecule has 0 saturated carbocycles. The predicted molar refractivity (Wildman–Crippen MR) is 71.0 cm³/mol. The smallest absolute Gasteiger partial charge is 0.141 e. The summed E-state index contributed by atoms with van der Waals surface area (Å²) in [4.78, 5) is 9.44. The molecule has 0 saturated heterocycles. The molecule has 3 nitrogen and oxygen atoms in total. The van der Waals surface area contributed by atoms with Crippen molar-refractivity contribution in [2.45, 2.75) is 25.8 Å². The minimum atomic E-state index is -0.300. The van der Waals surface area contributed by atoms with Gasteiger partial charge >= 0.3 is 0 Å². The molecule has 0 spiro atoms. The van der Waals surface area contributed by atoms with Gasteiger partial charge in [-0.25, -0.2) is 4.39 Å².